The lowest BCUT2D eigenvalue weighted by atomic mass is 10.0. The molecular formula is C14H18F2N2O. The van der Waals surface area contributed by atoms with Gasteiger partial charge in [0.2, 0.25) is 0 Å². The standard InChI is InChI=1S/C14H18F2N2O/c1-10(18-6-4-17-5-7-18)8-14(19)11-2-3-12(15)13(16)9-11/h2-3,9-10,17H,4-8H2,1H3. The van der Waals surface area contributed by atoms with Gasteiger partial charge in [-0.3, -0.25) is 9.69 Å². The summed E-state index contributed by atoms with van der Waals surface area (Å²) in [5.41, 5.74) is 0.237. The smallest absolute Gasteiger partial charge is 0.164 e. The average molecular weight is 268 g/mol. The van der Waals surface area contributed by atoms with Crippen LogP contribution in [0.1, 0.15) is 23.7 Å². The maximum Gasteiger partial charge on any atom is 0.164 e. The Morgan fingerprint density at radius 3 is 2.63 bits per heavy atom. The lowest BCUT2D eigenvalue weighted by Gasteiger charge is -2.32. The Labute approximate surface area is 111 Å². The summed E-state index contributed by atoms with van der Waals surface area (Å²) >= 11 is 0. The quantitative estimate of drug-likeness (QED) is 0.846. The van der Waals surface area contributed by atoms with Gasteiger partial charge in [0.05, 0.1) is 0 Å². The minimum absolute atomic E-state index is 0.114. The number of ketones is 1. The van der Waals surface area contributed by atoms with E-state index in [4.69, 9.17) is 0 Å². The molecule has 1 aliphatic rings. The van der Waals surface area contributed by atoms with Gasteiger partial charge < -0.3 is 5.32 Å². The van der Waals surface area contributed by atoms with Crippen LogP contribution in [-0.4, -0.2) is 42.9 Å². The number of rotatable bonds is 4. The molecule has 1 heterocycles. The summed E-state index contributed by atoms with van der Waals surface area (Å²) in [5, 5.41) is 3.25. The van der Waals surface area contributed by atoms with Crippen molar-refractivity contribution in [2.45, 2.75) is 19.4 Å². The zero-order chi connectivity index (χ0) is 13.8. The van der Waals surface area contributed by atoms with Crippen LogP contribution in [0.2, 0.25) is 0 Å². The van der Waals surface area contributed by atoms with Crippen LogP contribution >= 0.6 is 0 Å². The number of hydrogen-bond donors (Lipinski definition) is 1. The summed E-state index contributed by atoms with van der Waals surface area (Å²) < 4.78 is 25.9. The second-order valence-corrected chi connectivity index (χ2v) is 4.89. The molecule has 1 fully saturated rings. The molecule has 0 spiro atoms. The Morgan fingerprint density at radius 1 is 1.32 bits per heavy atom. The molecule has 0 amide bonds. The minimum Gasteiger partial charge on any atom is -0.314 e. The molecule has 1 aromatic carbocycles. The van der Waals surface area contributed by atoms with Crippen LogP contribution in [-0.2, 0) is 0 Å². The lowest BCUT2D eigenvalue weighted by molar-refractivity contribution is 0.0917. The Kier molecular flexibility index (Phi) is 4.61. The van der Waals surface area contributed by atoms with Crippen molar-refractivity contribution < 1.29 is 13.6 Å². The zero-order valence-corrected chi connectivity index (χ0v) is 11.0. The summed E-state index contributed by atoms with van der Waals surface area (Å²) in [4.78, 5) is 14.3. The molecule has 0 aliphatic carbocycles. The van der Waals surface area contributed by atoms with Gasteiger partial charge in [-0.05, 0) is 25.1 Å². The van der Waals surface area contributed by atoms with Crippen molar-refractivity contribution in [3.8, 4) is 0 Å². The maximum absolute atomic E-state index is 13.1. The van der Waals surface area contributed by atoms with E-state index in [0.29, 0.717) is 6.42 Å². The molecule has 0 aromatic heterocycles. The first kappa shape index (κ1) is 14.1. The Morgan fingerprint density at radius 2 is 2.00 bits per heavy atom. The van der Waals surface area contributed by atoms with Crippen molar-refractivity contribution in [3.63, 3.8) is 0 Å². The summed E-state index contributed by atoms with van der Waals surface area (Å²) in [6, 6.07) is 3.42. The molecule has 5 heteroatoms. The molecule has 0 bridgehead atoms. The maximum atomic E-state index is 13.1. The molecule has 104 valence electrons. The van der Waals surface area contributed by atoms with Crippen molar-refractivity contribution in [3.05, 3.63) is 35.4 Å². The van der Waals surface area contributed by atoms with Crippen LogP contribution in [0.15, 0.2) is 18.2 Å². The number of halogens is 2. The highest BCUT2D eigenvalue weighted by atomic mass is 19.2. The molecule has 1 aliphatic heterocycles. The van der Waals surface area contributed by atoms with Crippen LogP contribution in [0.25, 0.3) is 0 Å². The Bertz CT molecular complexity index is 459. The van der Waals surface area contributed by atoms with Crippen LogP contribution in [0.4, 0.5) is 8.78 Å². The van der Waals surface area contributed by atoms with E-state index in [1.54, 1.807) is 0 Å². The summed E-state index contributed by atoms with van der Waals surface area (Å²) in [6.07, 6.45) is 0.324. The largest absolute Gasteiger partial charge is 0.314 e. The van der Waals surface area contributed by atoms with Crippen molar-refractivity contribution in [1.82, 2.24) is 10.2 Å². The number of benzene rings is 1. The minimum atomic E-state index is -0.972. The van der Waals surface area contributed by atoms with E-state index < -0.39 is 11.6 Å². The second-order valence-electron chi connectivity index (χ2n) is 4.89. The fourth-order valence-electron chi connectivity index (χ4n) is 2.31. The number of nitrogens with one attached hydrogen (secondary N) is 1. The third kappa shape index (κ3) is 3.58. The SMILES string of the molecule is CC(CC(=O)c1ccc(F)c(F)c1)N1CCNCC1. The number of carbonyl (C=O) groups is 1. The van der Waals surface area contributed by atoms with Crippen molar-refractivity contribution in [1.29, 1.82) is 0 Å². The normalized spacial score (nSPS) is 18.3. The fourth-order valence-corrected chi connectivity index (χ4v) is 2.31. The monoisotopic (exact) mass is 268 g/mol. The topological polar surface area (TPSA) is 32.3 Å². The van der Waals surface area contributed by atoms with Crippen LogP contribution in [0.3, 0.4) is 0 Å². The number of Topliss-reactive ketones (excluding diaryl/α,β-unsaturated/α-hetero) is 1. The van der Waals surface area contributed by atoms with E-state index >= 15 is 0 Å². The number of nitrogens with zero attached hydrogens (tertiary/aromatic N) is 1. The zero-order valence-electron chi connectivity index (χ0n) is 11.0. The van der Waals surface area contributed by atoms with E-state index in [9.17, 15) is 13.6 Å². The molecule has 1 unspecified atom stereocenters. The highest BCUT2D eigenvalue weighted by Crippen LogP contribution is 2.14. The van der Waals surface area contributed by atoms with Gasteiger partial charge in [-0.1, -0.05) is 0 Å². The molecule has 19 heavy (non-hydrogen) atoms. The molecule has 1 aromatic rings. The van der Waals surface area contributed by atoms with E-state index in [2.05, 4.69) is 10.2 Å². The van der Waals surface area contributed by atoms with E-state index in [1.165, 1.54) is 6.07 Å². The highest BCUT2D eigenvalue weighted by Gasteiger charge is 2.20. The van der Waals surface area contributed by atoms with Crippen LogP contribution in [0, 0.1) is 11.6 Å². The van der Waals surface area contributed by atoms with E-state index in [1.807, 2.05) is 6.92 Å². The van der Waals surface area contributed by atoms with E-state index in [-0.39, 0.29) is 17.4 Å². The first-order chi connectivity index (χ1) is 9.08. The average Bonchev–Trinajstić information content (AvgIpc) is 2.42. The van der Waals surface area contributed by atoms with Gasteiger partial charge in [0.1, 0.15) is 0 Å². The summed E-state index contributed by atoms with van der Waals surface area (Å²) in [5.74, 6) is -2.04. The van der Waals surface area contributed by atoms with Crippen molar-refractivity contribution in [2.75, 3.05) is 26.2 Å². The molecule has 1 atom stereocenters. The number of hydrogen-bond acceptors (Lipinski definition) is 3. The molecule has 3 nitrogen and oxygen atoms in total. The van der Waals surface area contributed by atoms with E-state index in [0.717, 1.165) is 38.3 Å². The van der Waals surface area contributed by atoms with Crippen LogP contribution in [0.5, 0.6) is 0 Å². The predicted octanol–water partition coefficient (Wildman–Crippen LogP) is 1.83. The molecule has 0 radical (unpaired) electrons. The fraction of sp³-hybridized carbons (Fsp3) is 0.500. The van der Waals surface area contributed by atoms with Gasteiger partial charge in [0, 0.05) is 44.2 Å². The molecule has 0 saturated carbocycles. The predicted molar refractivity (Wildman–Crippen MR) is 69.2 cm³/mol. The first-order valence-electron chi connectivity index (χ1n) is 6.51. The van der Waals surface area contributed by atoms with Gasteiger partial charge in [-0.2, -0.15) is 0 Å². The van der Waals surface area contributed by atoms with Gasteiger partial charge in [0.25, 0.3) is 0 Å². The van der Waals surface area contributed by atoms with Crippen molar-refractivity contribution in [2.24, 2.45) is 0 Å². The Balaban J connectivity index is 1.97. The van der Waals surface area contributed by atoms with Gasteiger partial charge in [0.15, 0.2) is 17.4 Å². The highest BCUT2D eigenvalue weighted by molar-refractivity contribution is 5.96. The third-order valence-corrected chi connectivity index (χ3v) is 3.50. The van der Waals surface area contributed by atoms with Gasteiger partial charge in [-0.25, -0.2) is 8.78 Å². The van der Waals surface area contributed by atoms with Gasteiger partial charge >= 0.3 is 0 Å². The van der Waals surface area contributed by atoms with Crippen LogP contribution < -0.4 is 5.32 Å². The molecule has 1 N–H and O–H groups in total. The summed E-state index contributed by atoms with van der Waals surface area (Å²) in [6.45, 7) is 5.65. The summed E-state index contributed by atoms with van der Waals surface area (Å²) in [7, 11) is 0. The first-order valence-corrected chi connectivity index (χ1v) is 6.51. The molecular weight excluding hydrogens is 250 g/mol. The second kappa shape index (κ2) is 6.21. The van der Waals surface area contributed by atoms with Crippen molar-refractivity contribution >= 4 is 5.78 Å². The number of carbonyl (C=O) groups excluding carboxylic acids is 1. The Hall–Kier alpha value is -1.33. The van der Waals surface area contributed by atoms with Gasteiger partial charge in [-0.15, -0.1) is 0 Å². The lowest BCUT2D eigenvalue weighted by Crippen LogP contribution is -2.48. The number of piperazine rings is 1. The molecule has 1 saturated heterocycles. The third-order valence-electron chi connectivity index (χ3n) is 3.50. The molecule has 2 rings (SSSR count).